The lowest BCUT2D eigenvalue weighted by Gasteiger charge is -2.51. The van der Waals surface area contributed by atoms with Crippen molar-refractivity contribution in [1.29, 1.82) is 0 Å². The molecule has 0 bridgehead atoms. The van der Waals surface area contributed by atoms with Gasteiger partial charge >= 0.3 is 17.9 Å². The third kappa shape index (κ3) is 13.5. The van der Waals surface area contributed by atoms with Gasteiger partial charge in [-0.25, -0.2) is 4.79 Å². The highest BCUT2D eigenvalue weighted by atomic mass is 35.5. The first-order valence-electron chi connectivity index (χ1n) is 31.9. The van der Waals surface area contributed by atoms with Crippen molar-refractivity contribution in [2.45, 2.75) is 283 Å². The smallest absolute Gasteiger partial charge is 0.342 e. The zero-order valence-electron chi connectivity index (χ0n) is 55.1. The van der Waals surface area contributed by atoms with Crippen molar-refractivity contribution in [1.82, 2.24) is 0 Å². The van der Waals surface area contributed by atoms with Crippen molar-refractivity contribution in [2.75, 3.05) is 48.4 Å². The molecule has 10 fully saturated rings. The summed E-state index contributed by atoms with van der Waals surface area (Å²) < 4.78 is 142. The van der Waals surface area contributed by atoms with Gasteiger partial charge < -0.3 is 145 Å². The molecule has 32 nitrogen and oxygen atoms in total. The number of aliphatic hydroxyl groups excluding tert-OH is 5. The summed E-state index contributed by atoms with van der Waals surface area (Å²) in [6.45, 7) is 15.4. The van der Waals surface area contributed by atoms with Crippen LogP contribution in [0.2, 0.25) is 10.0 Å². The monoisotopic (exact) mass is 1400 g/mol. The first-order chi connectivity index (χ1) is 44.9. The van der Waals surface area contributed by atoms with E-state index >= 15 is 0 Å². The van der Waals surface area contributed by atoms with E-state index in [1.807, 2.05) is 0 Å². The number of ether oxygens (including phenoxy) is 23. The summed E-state index contributed by atoms with van der Waals surface area (Å²) in [6.07, 6.45) is -33.7. The molecular weight excluding hydrogens is 1320 g/mol. The predicted molar refractivity (Wildman–Crippen MR) is 314 cm³/mol. The fourth-order valence-electron chi connectivity index (χ4n) is 14.7. The number of esters is 2. The van der Waals surface area contributed by atoms with Gasteiger partial charge in [-0.2, -0.15) is 0 Å². The molecule has 95 heavy (non-hydrogen) atoms. The second kappa shape index (κ2) is 28.6. The molecule has 1 aromatic carbocycles. The van der Waals surface area contributed by atoms with Crippen LogP contribution in [0.1, 0.15) is 97.5 Å². The van der Waals surface area contributed by atoms with E-state index in [0.717, 1.165) is 0 Å². The largest absolute Gasteiger partial charge is 0.505 e. The van der Waals surface area contributed by atoms with Gasteiger partial charge in [-0.3, -0.25) is 4.79 Å². The summed E-state index contributed by atoms with van der Waals surface area (Å²) in [5, 5.41) is 79.9. The molecule has 0 aromatic heterocycles. The van der Waals surface area contributed by atoms with E-state index in [1.54, 1.807) is 48.5 Å². The molecule has 0 saturated carbocycles. The SMILES string of the molecule is COC[C@H]1O[C@@H](O[C@@H]2OC[C@@H]3O[C@]4(O[C@H]3[C@H]2OC(=O)C(C)C)O[C@H](C)[C@@](O)(C(C)O)[C@@H]2OCO[C@H]24)[C@@H](OC)[C@@H](O)[C@@H]1O[C@@H]1O[C@H](C)[C@H](OC)[C@H](O[C@H]2C[C@@]3(C)OC4(C[C@@H](O)[C@H](O[C@H]5C[C@@H](O)[C@H](OC(=O)c6c(C)c(Cl)c(O)c(Cl)c6OC)[C@@H](C)O5)[C@@H](C)O4)O[C@@H]3[C@@H](C)O2)[C@H]1O. The third-order valence-electron chi connectivity index (χ3n) is 19.5. The first kappa shape index (κ1) is 73.5. The van der Waals surface area contributed by atoms with Crippen LogP contribution in [0.5, 0.6) is 11.5 Å². The maximum absolute atomic E-state index is 13.6. The first-order valence-corrected chi connectivity index (χ1v) is 32.6. The Morgan fingerprint density at radius 2 is 1.34 bits per heavy atom. The number of phenolic OH excluding ortho intramolecular Hbond substituents is 1. The highest BCUT2D eigenvalue weighted by Gasteiger charge is 2.73. The summed E-state index contributed by atoms with van der Waals surface area (Å²) in [5.74, 6) is -6.71. The molecule has 10 aliphatic heterocycles. The van der Waals surface area contributed by atoms with Gasteiger partial charge in [0.2, 0.25) is 6.29 Å². The van der Waals surface area contributed by atoms with Crippen LogP contribution >= 0.6 is 23.2 Å². The van der Waals surface area contributed by atoms with E-state index in [0.29, 0.717) is 0 Å². The summed E-state index contributed by atoms with van der Waals surface area (Å²) >= 11 is 12.5. The maximum atomic E-state index is 13.6. The van der Waals surface area contributed by atoms with E-state index in [1.165, 1.54) is 49.2 Å². The lowest BCUT2D eigenvalue weighted by Crippen LogP contribution is -2.72. The minimum atomic E-state index is -2.03. The number of halogens is 2. The summed E-state index contributed by atoms with van der Waals surface area (Å²) in [6, 6.07) is 0. The fraction of sp³-hybridized carbons (Fsp3) is 0.869. The van der Waals surface area contributed by atoms with E-state index in [9.17, 15) is 45.3 Å². The summed E-state index contributed by atoms with van der Waals surface area (Å²) in [5.41, 5.74) is -3.14. The van der Waals surface area contributed by atoms with Crippen LogP contribution in [0.4, 0.5) is 0 Å². The normalized spacial score (nSPS) is 47.7. The van der Waals surface area contributed by atoms with Crippen molar-refractivity contribution in [3.8, 4) is 11.5 Å². The van der Waals surface area contributed by atoms with Crippen molar-refractivity contribution >= 4 is 35.1 Å². The molecule has 10 aliphatic rings. The fourth-order valence-corrected chi connectivity index (χ4v) is 15.2. The highest BCUT2D eigenvalue weighted by Crippen LogP contribution is 2.53. The number of fused-ring (bicyclic) bond motifs is 4. The zero-order chi connectivity index (χ0) is 68.9. The molecular formula is C61H90Cl2O32. The molecule has 540 valence electrons. The average Bonchev–Trinajstić information content (AvgIpc) is 1.59. The number of rotatable bonds is 18. The van der Waals surface area contributed by atoms with Gasteiger partial charge in [0.25, 0.3) is 5.97 Å². The van der Waals surface area contributed by atoms with Crippen molar-refractivity contribution in [3.63, 3.8) is 0 Å². The van der Waals surface area contributed by atoms with Gasteiger partial charge in [-0.05, 0) is 61.0 Å². The van der Waals surface area contributed by atoms with Gasteiger partial charge in [0.05, 0.1) is 86.5 Å². The van der Waals surface area contributed by atoms with Crippen molar-refractivity contribution in [3.05, 3.63) is 21.2 Å². The van der Waals surface area contributed by atoms with Crippen LogP contribution in [0, 0.1) is 12.8 Å². The number of hydrogen-bond donors (Lipinski definition) is 7. The van der Waals surface area contributed by atoms with E-state index in [-0.39, 0.29) is 66.2 Å². The summed E-state index contributed by atoms with van der Waals surface area (Å²) in [7, 11) is 5.37. The molecule has 0 amide bonds. The van der Waals surface area contributed by atoms with Crippen LogP contribution in [0.25, 0.3) is 0 Å². The molecule has 10 heterocycles. The third-order valence-corrected chi connectivity index (χ3v) is 20.4. The Labute approximate surface area is 558 Å². The molecule has 0 aliphatic carbocycles. The molecule has 34 heteroatoms. The lowest BCUT2D eigenvalue weighted by molar-refractivity contribution is -0.439. The van der Waals surface area contributed by atoms with Crippen LogP contribution in [0.15, 0.2) is 0 Å². The zero-order valence-corrected chi connectivity index (χ0v) is 56.6. The second-order valence-corrected chi connectivity index (χ2v) is 27.2. The number of aliphatic hydroxyl groups is 6. The number of aromatic hydroxyl groups is 1. The number of hydrogen-bond acceptors (Lipinski definition) is 32. The van der Waals surface area contributed by atoms with E-state index < -0.39 is 219 Å². The molecule has 2 spiro atoms. The number of benzene rings is 1. The Morgan fingerprint density at radius 1 is 0.653 bits per heavy atom. The molecule has 0 radical (unpaired) electrons. The Balaban J connectivity index is 0.722. The van der Waals surface area contributed by atoms with E-state index in [4.69, 9.17) is 132 Å². The summed E-state index contributed by atoms with van der Waals surface area (Å²) in [4.78, 5) is 27.0. The predicted octanol–water partition coefficient (Wildman–Crippen LogP) is 0.844. The van der Waals surface area contributed by atoms with E-state index in [2.05, 4.69) is 0 Å². The van der Waals surface area contributed by atoms with Gasteiger partial charge in [0.1, 0.15) is 102 Å². The molecule has 1 aromatic rings. The van der Waals surface area contributed by atoms with Crippen molar-refractivity contribution < 1.29 is 154 Å². The van der Waals surface area contributed by atoms with Crippen LogP contribution in [-0.2, 0) is 109 Å². The number of carbonyl (C=O) groups is 2. The maximum Gasteiger partial charge on any atom is 0.342 e. The second-order valence-electron chi connectivity index (χ2n) is 26.4. The van der Waals surface area contributed by atoms with Crippen LogP contribution < -0.4 is 4.74 Å². The Morgan fingerprint density at radius 3 is 1.99 bits per heavy atom. The minimum absolute atomic E-state index is 0.00581. The Bertz CT molecular complexity index is 2840. The quantitative estimate of drug-likeness (QED) is 0.100. The van der Waals surface area contributed by atoms with Gasteiger partial charge in [0, 0.05) is 34.2 Å². The number of carbonyl (C=O) groups excluding carboxylic acids is 2. The highest BCUT2D eigenvalue weighted by molar-refractivity contribution is 6.39. The molecule has 7 N–H and O–H groups in total. The average molecular weight is 1410 g/mol. The Kier molecular flexibility index (Phi) is 22.1. The van der Waals surface area contributed by atoms with Crippen LogP contribution in [0.3, 0.4) is 0 Å². The number of phenols is 1. The molecule has 10 saturated heterocycles. The standard InChI is InChI=1S/C61H90Cl2O32/c1-21(2)53(70)87-49-45-32(92-61(93-45)52-51(78-20-79-52)60(72,27(8)64)28(9)91-61)19-77-56(49)89-57-48(76-14)39(68)44(31(83-57)18-73-11)88-55-40(69)47(43(74-12)24(5)82-55)85-34-17-58(10)50(26(7)81-34)94-59(95-58)16-30(66)42(25(6)90-59)84-33-15-29(65)41(23(4)80-33)86-54(71)35-22(3)36(62)38(67)37(63)46(35)75-13/h21,23-34,39-45,47-52,55-57,64-69,72H,15-20H2,1-14H3/t23-,24-,25-,26-,27?,28-,29-,30-,31-,32+,33+,34+,39+,40-,41-,42-,43+,44-,45-,47-,48+,49-,50-,51-,52-,55+,56+,57+,58-,59?,60+,61-/m1/s1. The van der Waals surface area contributed by atoms with Crippen LogP contribution in [-0.4, -0.2) is 291 Å². The lowest BCUT2D eigenvalue weighted by atomic mass is 9.80. The molecule has 11 rings (SSSR count). The van der Waals surface area contributed by atoms with Crippen molar-refractivity contribution in [2.24, 2.45) is 5.92 Å². The van der Waals surface area contributed by atoms with Gasteiger partial charge in [0.15, 0.2) is 55.0 Å². The molecule has 32 atom stereocenters. The minimum Gasteiger partial charge on any atom is -0.505 e. The number of methoxy groups -OCH3 is 4. The topological polar surface area (TPSA) is 388 Å². The van der Waals surface area contributed by atoms with Gasteiger partial charge in [-0.1, -0.05) is 37.0 Å². The molecule has 2 unspecified atom stereocenters. The Hall–Kier alpha value is -2.70. The van der Waals surface area contributed by atoms with Gasteiger partial charge in [-0.15, -0.1) is 0 Å².